The first-order chi connectivity index (χ1) is 9.72. The minimum absolute atomic E-state index is 0.0615. The van der Waals surface area contributed by atoms with Crippen molar-refractivity contribution in [3.63, 3.8) is 0 Å². The molecule has 20 heavy (non-hydrogen) atoms. The number of carbonyl (C=O) groups is 1. The Morgan fingerprint density at radius 2 is 2.25 bits per heavy atom. The van der Waals surface area contributed by atoms with Crippen LogP contribution in [0.1, 0.15) is 37.0 Å². The molecule has 1 heterocycles. The van der Waals surface area contributed by atoms with Crippen LogP contribution < -0.4 is 15.4 Å². The number of hydrogen-bond acceptors (Lipinski definition) is 3. The van der Waals surface area contributed by atoms with Gasteiger partial charge in [-0.3, -0.25) is 4.79 Å². The van der Waals surface area contributed by atoms with E-state index in [0.29, 0.717) is 36.4 Å². The lowest BCUT2D eigenvalue weighted by molar-refractivity contribution is 0.0940. The Morgan fingerprint density at radius 1 is 1.45 bits per heavy atom. The summed E-state index contributed by atoms with van der Waals surface area (Å²) in [4.78, 5) is 12.3. The van der Waals surface area contributed by atoms with Gasteiger partial charge in [-0.2, -0.15) is 0 Å². The summed E-state index contributed by atoms with van der Waals surface area (Å²) < 4.78 is 5.49. The molecule has 1 amide bonds. The fraction of sp³-hybridized carbons (Fsp3) is 0.562. The Hall–Kier alpha value is -1.55. The molecule has 110 valence electrons. The minimum atomic E-state index is -0.0615. The van der Waals surface area contributed by atoms with Crippen LogP contribution in [0.25, 0.3) is 0 Å². The van der Waals surface area contributed by atoms with Gasteiger partial charge in [0.25, 0.3) is 5.91 Å². The van der Waals surface area contributed by atoms with Crippen LogP contribution in [0, 0.1) is 5.92 Å². The molecular formula is C16H24N2O2. The Labute approximate surface area is 120 Å². The fourth-order valence-corrected chi connectivity index (χ4v) is 2.62. The van der Waals surface area contributed by atoms with E-state index in [1.54, 1.807) is 6.07 Å². The highest BCUT2D eigenvalue weighted by molar-refractivity contribution is 5.96. The molecule has 4 nitrogen and oxygen atoms in total. The molecule has 2 N–H and O–H groups in total. The zero-order valence-electron chi connectivity index (χ0n) is 12.3. The van der Waals surface area contributed by atoms with E-state index >= 15 is 0 Å². The van der Waals surface area contributed by atoms with Gasteiger partial charge < -0.3 is 15.4 Å². The number of amides is 1. The lowest BCUT2D eigenvalue weighted by atomic mass is 9.93. The van der Waals surface area contributed by atoms with E-state index in [-0.39, 0.29) is 5.91 Å². The average molecular weight is 276 g/mol. The molecule has 1 aliphatic heterocycles. The van der Waals surface area contributed by atoms with E-state index < -0.39 is 0 Å². The number of nitrogens with one attached hydrogen (secondary N) is 2. The van der Waals surface area contributed by atoms with Gasteiger partial charge in [-0.25, -0.2) is 0 Å². The minimum Gasteiger partial charge on any atom is -0.493 e. The first-order valence-corrected chi connectivity index (χ1v) is 7.45. The van der Waals surface area contributed by atoms with Crippen LogP contribution in [0.5, 0.6) is 5.75 Å². The first kappa shape index (κ1) is 14.9. The van der Waals surface area contributed by atoms with Gasteiger partial charge in [0, 0.05) is 12.6 Å². The number of piperidine rings is 1. The highest BCUT2D eigenvalue weighted by atomic mass is 16.5. The maximum atomic E-state index is 12.3. The number of benzene rings is 1. The van der Waals surface area contributed by atoms with Crippen LogP contribution >= 0.6 is 0 Å². The summed E-state index contributed by atoms with van der Waals surface area (Å²) in [7, 11) is 0. The molecular weight excluding hydrogens is 252 g/mol. The van der Waals surface area contributed by atoms with E-state index in [2.05, 4.69) is 17.6 Å². The van der Waals surface area contributed by atoms with Gasteiger partial charge in [0.05, 0.1) is 12.2 Å². The summed E-state index contributed by atoms with van der Waals surface area (Å²) in [6.07, 6.45) is 2.45. The predicted molar refractivity (Wildman–Crippen MR) is 80.1 cm³/mol. The topological polar surface area (TPSA) is 50.4 Å². The van der Waals surface area contributed by atoms with Gasteiger partial charge in [-0.1, -0.05) is 19.1 Å². The van der Waals surface area contributed by atoms with Gasteiger partial charge in [0.1, 0.15) is 5.75 Å². The number of rotatable bonds is 5. The van der Waals surface area contributed by atoms with E-state index in [1.165, 1.54) is 12.8 Å². The molecule has 0 aromatic heterocycles. The second-order valence-corrected chi connectivity index (χ2v) is 5.32. The molecule has 2 rings (SSSR count). The summed E-state index contributed by atoms with van der Waals surface area (Å²) in [6.45, 7) is 6.42. The van der Waals surface area contributed by atoms with Crippen LogP contribution in [0.3, 0.4) is 0 Å². The maximum absolute atomic E-state index is 12.3. The molecule has 1 saturated heterocycles. The summed E-state index contributed by atoms with van der Waals surface area (Å²) in [5.74, 6) is 1.19. The number of ether oxygens (including phenoxy) is 1. The van der Waals surface area contributed by atoms with Crippen molar-refractivity contribution in [2.75, 3.05) is 19.7 Å². The van der Waals surface area contributed by atoms with Crippen LogP contribution in [0.2, 0.25) is 0 Å². The smallest absolute Gasteiger partial charge is 0.255 e. The van der Waals surface area contributed by atoms with Gasteiger partial charge in [-0.15, -0.1) is 0 Å². The normalized spacial score (nSPS) is 22.3. The van der Waals surface area contributed by atoms with E-state index in [9.17, 15) is 4.79 Å². The summed E-state index contributed by atoms with van der Waals surface area (Å²) in [5.41, 5.74) is 0.609. The summed E-state index contributed by atoms with van der Waals surface area (Å²) in [5, 5.41) is 6.49. The second kappa shape index (κ2) is 7.29. The zero-order chi connectivity index (χ0) is 14.4. The van der Waals surface area contributed by atoms with Crippen molar-refractivity contribution in [2.45, 2.75) is 32.7 Å². The van der Waals surface area contributed by atoms with Crippen molar-refractivity contribution in [1.29, 1.82) is 0 Å². The van der Waals surface area contributed by atoms with Crippen molar-refractivity contribution >= 4 is 5.91 Å². The number of para-hydroxylation sites is 1. The van der Waals surface area contributed by atoms with Gasteiger partial charge in [0.2, 0.25) is 0 Å². The third-order valence-corrected chi connectivity index (χ3v) is 3.84. The van der Waals surface area contributed by atoms with Crippen LogP contribution in [0.4, 0.5) is 0 Å². The SMILES string of the molecule is CCOc1ccccc1C(=O)NCC1NCCCC1C. The molecule has 1 aromatic carbocycles. The van der Waals surface area contributed by atoms with Crippen LogP contribution in [0.15, 0.2) is 24.3 Å². The third kappa shape index (κ3) is 3.73. The molecule has 4 heteroatoms. The van der Waals surface area contributed by atoms with E-state index in [1.807, 2.05) is 25.1 Å². The summed E-state index contributed by atoms with van der Waals surface area (Å²) in [6, 6.07) is 7.75. The molecule has 0 saturated carbocycles. The molecule has 1 fully saturated rings. The quantitative estimate of drug-likeness (QED) is 0.867. The van der Waals surface area contributed by atoms with Crippen LogP contribution in [-0.2, 0) is 0 Å². The lowest BCUT2D eigenvalue weighted by Gasteiger charge is -2.30. The maximum Gasteiger partial charge on any atom is 0.255 e. The Kier molecular flexibility index (Phi) is 5.41. The standard InChI is InChI=1S/C16H24N2O2/c1-3-20-15-9-5-4-8-13(15)16(19)18-11-14-12(2)7-6-10-17-14/h4-5,8-9,12,14,17H,3,6-7,10-11H2,1-2H3,(H,18,19). The zero-order valence-corrected chi connectivity index (χ0v) is 12.3. The Morgan fingerprint density at radius 3 is 3.00 bits per heavy atom. The molecule has 0 aliphatic carbocycles. The predicted octanol–water partition coefficient (Wildman–Crippen LogP) is 2.20. The first-order valence-electron chi connectivity index (χ1n) is 7.45. The molecule has 0 bridgehead atoms. The largest absolute Gasteiger partial charge is 0.493 e. The van der Waals surface area contributed by atoms with E-state index in [0.717, 1.165) is 6.54 Å². The third-order valence-electron chi connectivity index (χ3n) is 3.84. The van der Waals surface area contributed by atoms with Gasteiger partial charge >= 0.3 is 0 Å². The van der Waals surface area contributed by atoms with Gasteiger partial charge in [-0.05, 0) is 44.4 Å². The van der Waals surface area contributed by atoms with Crippen LogP contribution in [-0.4, -0.2) is 31.6 Å². The van der Waals surface area contributed by atoms with Crippen molar-refractivity contribution < 1.29 is 9.53 Å². The Bertz CT molecular complexity index is 448. The van der Waals surface area contributed by atoms with Gasteiger partial charge in [0.15, 0.2) is 0 Å². The summed E-state index contributed by atoms with van der Waals surface area (Å²) >= 11 is 0. The molecule has 0 radical (unpaired) electrons. The highest BCUT2D eigenvalue weighted by Crippen LogP contribution is 2.18. The second-order valence-electron chi connectivity index (χ2n) is 5.32. The average Bonchev–Trinajstić information content (AvgIpc) is 2.47. The molecule has 0 spiro atoms. The number of carbonyl (C=O) groups excluding carboxylic acids is 1. The highest BCUT2D eigenvalue weighted by Gasteiger charge is 2.21. The lowest BCUT2D eigenvalue weighted by Crippen LogP contribution is -2.47. The monoisotopic (exact) mass is 276 g/mol. The van der Waals surface area contributed by atoms with Crippen molar-refractivity contribution in [2.24, 2.45) is 5.92 Å². The number of hydrogen-bond donors (Lipinski definition) is 2. The fourth-order valence-electron chi connectivity index (χ4n) is 2.62. The van der Waals surface area contributed by atoms with E-state index in [4.69, 9.17) is 4.74 Å². The molecule has 2 atom stereocenters. The molecule has 1 aromatic rings. The van der Waals surface area contributed by atoms with Crippen molar-refractivity contribution in [3.8, 4) is 5.75 Å². The molecule has 1 aliphatic rings. The Balaban J connectivity index is 1.94. The molecule has 2 unspecified atom stereocenters. The van der Waals surface area contributed by atoms with Crippen molar-refractivity contribution in [3.05, 3.63) is 29.8 Å². The van der Waals surface area contributed by atoms with Crippen molar-refractivity contribution in [1.82, 2.24) is 10.6 Å².